The molecular formula is C18H22N2O4S. The number of likely N-dealkylation sites (tertiary alicyclic amines) is 1. The number of amides is 2. The molecular weight excluding hydrogens is 340 g/mol. The Hall–Kier alpha value is -1.73. The van der Waals surface area contributed by atoms with Crippen molar-refractivity contribution in [3.8, 4) is 0 Å². The largest absolute Gasteiger partial charge is 0.480 e. The molecule has 6 nitrogen and oxygen atoms in total. The summed E-state index contributed by atoms with van der Waals surface area (Å²) in [5.41, 5.74) is -1.42. The van der Waals surface area contributed by atoms with Gasteiger partial charge in [-0.2, -0.15) is 0 Å². The summed E-state index contributed by atoms with van der Waals surface area (Å²) >= 11 is 1.48. The maximum atomic E-state index is 13.2. The quantitative estimate of drug-likeness (QED) is 0.805. The van der Waals surface area contributed by atoms with E-state index < -0.39 is 29.4 Å². The molecule has 3 aliphatic rings. The van der Waals surface area contributed by atoms with E-state index in [0.717, 1.165) is 37.0 Å². The molecule has 2 saturated heterocycles. The molecule has 2 N–H and O–H groups in total. The lowest BCUT2D eigenvalue weighted by molar-refractivity contribution is -0.151. The van der Waals surface area contributed by atoms with Crippen LogP contribution in [-0.4, -0.2) is 39.4 Å². The second-order valence-electron chi connectivity index (χ2n) is 7.49. The van der Waals surface area contributed by atoms with Crippen LogP contribution in [0.5, 0.6) is 0 Å². The second kappa shape index (κ2) is 5.92. The number of imide groups is 1. The number of rotatable bonds is 3. The average Bonchev–Trinajstić information content (AvgIpc) is 3.27. The third kappa shape index (κ3) is 2.36. The summed E-state index contributed by atoms with van der Waals surface area (Å²) < 4.78 is 0. The van der Waals surface area contributed by atoms with Crippen LogP contribution >= 0.6 is 11.3 Å². The van der Waals surface area contributed by atoms with Crippen LogP contribution in [0, 0.1) is 11.8 Å². The predicted octanol–water partition coefficient (Wildman–Crippen LogP) is 2.17. The fourth-order valence-electron chi connectivity index (χ4n) is 4.77. The summed E-state index contributed by atoms with van der Waals surface area (Å²) in [6, 6.07) is 3.29. The van der Waals surface area contributed by atoms with E-state index in [9.17, 15) is 19.5 Å². The van der Waals surface area contributed by atoms with Gasteiger partial charge in [0, 0.05) is 10.9 Å². The van der Waals surface area contributed by atoms with Crippen molar-refractivity contribution in [2.45, 2.75) is 56.7 Å². The van der Waals surface area contributed by atoms with Gasteiger partial charge in [-0.3, -0.25) is 24.6 Å². The molecule has 0 bridgehead atoms. The lowest BCUT2D eigenvalue weighted by Gasteiger charge is -2.33. The van der Waals surface area contributed by atoms with Gasteiger partial charge in [0.05, 0.1) is 17.9 Å². The molecule has 2 aliphatic heterocycles. The molecule has 0 spiro atoms. The molecule has 134 valence electrons. The first-order valence-electron chi connectivity index (χ1n) is 8.86. The van der Waals surface area contributed by atoms with E-state index in [1.807, 2.05) is 17.5 Å². The Morgan fingerprint density at radius 1 is 1.28 bits per heavy atom. The van der Waals surface area contributed by atoms with Crippen LogP contribution in [0.1, 0.15) is 49.9 Å². The molecule has 1 aromatic rings. The summed E-state index contributed by atoms with van der Waals surface area (Å²) in [7, 11) is 0. The molecule has 0 aromatic carbocycles. The van der Waals surface area contributed by atoms with Crippen LogP contribution in [0.2, 0.25) is 0 Å². The zero-order valence-electron chi connectivity index (χ0n) is 14.1. The lowest BCUT2D eigenvalue weighted by Crippen LogP contribution is -2.54. The minimum absolute atomic E-state index is 0.0682. The third-order valence-corrected chi connectivity index (χ3v) is 7.01. The Kier molecular flexibility index (Phi) is 3.96. The first-order valence-corrected chi connectivity index (χ1v) is 9.74. The van der Waals surface area contributed by atoms with Gasteiger partial charge in [0.2, 0.25) is 11.8 Å². The molecule has 1 saturated carbocycles. The van der Waals surface area contributed by atoms with Crippen LogP contribution in [0.25, 0.3) is 0 Å². The summed E-state index contributed by atoms with van der Waals surface area (Å²) in [5, 5.41) is 14.8. The summed E-state index contributed by atoms with van der Waals surface area (Å²) in [6.45, 7) is 1.54. The van der Waals surface area contributed by atoms with Crippen molar-refractivity contribution in [1.82, 2.24) is 10.2 Å². The van der Waals surface area contributed by atoms with E-state index in [1.165, 1.54) is 23.2 Å². The molecule has 3 fully saturated rings. The SMILES string of the molecule is CC1(C(=O)O)NC(c2cccs2)C2C(=O)N(C3CCCCC3)C(=O)C21. The number of aliphatic carboxylic acids is 1. The van der Waals surface area contributed by atoms with Crippen LogP contribution in [-0.2, 0) is 14.4 Å². The van der Waals surface area contributed by atoms with Gasteiger partial charge < -0.3 is 5.11 Å². The van der Waals surface area contributed by atoms with Crippen molar-refractivity contribution in [2.24, 2.45) is 11.8 Å². The number of fused-ring (bicyclic) bond motifs is 1. The Morgan fingerprint density at radius 2 is 2.00 bits per heavy atom. The van der Waals surface area contributed by atoms with Gasteiger partial charge in [-0.25, -0.2) is 0 Å². The molecule has 0 radical (unpaired) electrons. The minimum atomic E-state index is -1.42. The number of nitrogens with zero attached hydrogens (tertiary/aromatic N) is 1. The number of hydrogen-bond acceptors (Lipinski definition) is 5. The van der Waals surface area contributed by atoms with E-state index in [1.54, 1.807) is 0 Å². The van der Waals surface area contributed by atoms with E-state index in [0.29, 0.717) is 0 Å². The summed E-state index contributed by atoms with van der Waals surface area (Å²) in [4.78, 5) is 40.6. The van der Waals surface area contributed by atoms with Crippen molar-refractivity contribution in [1.29, 1.82) is 0 Å². The number of hydrogen-bond donors (Lipinski definition) is 2. The number of thiophene rings is 1. The highest BCUT2D eigenvalue weighted by atomic mass is 32.1. The number of carboxylic acid groups (broad SMARTS) is 1. The van der Waals surface area contributed by atoms with Gasteiger partial charge in [0.25, 0.3) is 0 Å². The lowest BCUT2D eigenvalue weighted by atomic mass is 9.81. The van der Waals surface area contributed by atoms with Gasteiger partial charge in [-0.15, -0.1) is 11.3 Å². The van der Waals surface area contributed by atoms with Crippen molar-refractivity contribution >= 4 is 29.1 Å². The van der Waals surface area contributed by atoms with E-state index in [4.69, 9.17) is 0 Å². The second-order valence-corrected chi connectivity index (χ2v) is 8.47. The zero-order chi connectivity index (χ0) is 17.8. The van der Waals surface area contributed by atoms with Crippen molar-refractivity contribution < 1.29 is 19.5 Å². The molecule has 7 heteroatoms. The Labute approximate surface area is 150 Å². The minimum Gasteiger partial charge on any atom is -0.480 e. The van der Waals surface area contributed by atoms with Crippen molar-refractivity contribution in [3.05, 3.63) is 22.4 Å². The summed E-state index contributed by atoms with van der Waals surface area (Å²) in [6.07, 6.45) is 4.82. The highest BCUT2D eigenvalue weighted by Crippen LogP contribution is 2.50. The van der Waals surface area contributed by atoms with E-state index in [2.05, 4.69) is 5.32 Å². The Morgan fingerprint density at radius 3 is 2.60 bits per heavy atom. The van der Waals surface area contributed by atoms with Gasteiger partial charge >= 0.3 is 5.97 Å². The van der Waals surface area contributed by atoms with E-state index >= 15 is 0 Å². The fourth-order valence-corrected chi connectivity index (χ4v) is 5.59. The first-order chi connectivity index (χ1) is 11.9. The highest BCUT2D eigenvalue weighted by Gasteiger charge is 2.67. The highest BCUT2D eigenvalue weighted by molar-refractivity contribution is 7.10. The molecule has 4 atom stereocenters. The molecule has 1 aliphatic carbocycles. The number of carbonyl (C=O) groups is 3. The van der Waals surface area contributed by atoms with Gasteiger partial charge in [0.1, 0.15) is 5.54 Å². The summed E-state index contributed by atoms with van der Waals surface area (Å²) in [5.74, 6) is -3.05. The number of carboxylic acids is 1. The maximum absolute atomic E-state index is 13.2. The predicted molar refractivity (Wildman–Crippen MR) is 91.9 cm³/mol. The van der Waals surface area contributed by atoms with E-state index in [-0.39, 0.29) is 17.9 Å². The van der Waals surface area contributed by atoms with Crippen LogP contribution in [0.3, 0.4) is 0 Å². The number of nitrogens with one attached hydrogen (secondary N) is 1. The van der Waals surface area contributed by atoms with Crippen LogP contribution < -0.4 is 5.32 Å². The molecule has 2 amide bonds. The molecule has 4 rings (SSSR count). The molecule has 4 unspecified atom stereocenters. The molecule has 3 heterocycles. The van der Waals surface area contributed by atoms with Crippen molar-refractivity contribution in [3.63, 3.8) is 0 Å². The van der Waals surface area contributed by atoms with Gasteiger partial charge in [0.15, 0.2) is 0 Å². The average molecular weight is 362 g/mol. The smallest absolute Gasteiger partial charge is 0.324 e. The normalized spacial score (nSPS) is 36.0. The Bertz CT molecular complexity index is 713. The number of carbonyl (C=O) groups excluding carboxylic acids is 2. The zero-order valence-corrected chi connectivity index (χ0v) is 14.9. The topological polar surface area (TPSA) is 86.7 Å². The van der Waals surface area contributed by atoms with Crippen LogP contribution in [0.15, 0.2) is 17.5 Å². The fraction of sp³-hybridized carbons (Fsp3) is 0.611. The maximum Gasteiger partial charge on any atom is 0.324 e. The standard InChI is InChI=1S/C18H22N2O4S/c1-18(17(23)24)13-12(14(19-18)11-8-5-9-25-11)15(21)20(16(13)22)10-6-3-2-4-7-10/h5,8-10,12-14,19H,2-4,6-7H2,1H3,(H,23,24). The van der Waals surface area contributed by atoms with Gasteiger partial charge in [-0.05, 0) is 31.2 Å². The third-order valence-electron chi connectivity index (χ3n) is 6.06. The molecule has 25 heavy (non-hydrogen) atoms. The Balaban J connectivity index is 1.74. The van der Waals surface area contributed by atoms with Crippen molar-refractivity contribution in [2.75, 3.05) is 0 Å². The van der Waals surface area contributed by atoms with Gasteiger partial charge in [-0.1, -0.05) is 25.3 Å². The first kappa shape index (κ1) is 16.7. The van der Waals surface area contributed by atoms with Crippen LogP contribution in [0.4, 0.5) is 0 Å². The monoisotopic (exact) mass is 362 g/mol. The molecule has 1 aromatic heterocycles.